The minimum atomic E-state index is -0.361. The van der Waals surface area contributed by atoms with Gasteiger partial charge in [-0.05, 0) is 25.3 Å². The molecule has 0 saturated heterocycles. The van der Waals surface area contributed by atoms with Gasteiger partial charge in [0.25, 0.3) is 0 Å². The molecular weight excluding hydrogens is 174 g/mol. The SMILES string of the molecule is OC1CCCc2ncc(Cl)cc21. The first-order chi connectivity index (χ1) is 5.77. The van der Waals surface area contributed by atoms with Crippen molar-refractivity contribution in [3.05, 3.63) is 28.5 Å². The number of nitrogens with zero attached hydrogens (tertiary/aromatic N) is 1. The third-order valence-corrected chi connectivity index (χ3v) is 2.43. The van der Waals surface area contributed by atoms with Gasteiger partial charge >= 0.3 is 0 Å². The van der Waals surface area contributed by atoms with E-state index >= 15 is 0 Å². The van der Waals surface area contributed by atoms with E-state index < -0.39 is 0 Å². The van der Waals surface area contributed by atoms with Crippen molar-refractivity contribution in [1.82, 2.24) is 4.98 Å². The van der Waals surface area contributed by atoms with Crippen LogP contribution in [0.2, 0.25) is 5.02 Å². The van der Waals surface area contributed by atoms with Crippen LogP contribution in [-0.4, -0.2) is 10.1 Å². The Bertz CT molecular complexity index is 301. The van der Waals surface area contributed by atoms with Gasteiger partial charge < -0.3 is 5.11 Å². The molecule has 0 amide bonds. The Kier molecular flexibility index (Phi) is 2.03. The number of rotatable bonds is 0. The molecule has 0 bridgehead atoms. The van der Waals surface area contributed by atoms with E-state index in [2.05, 4.69) is 4.98 Å². The van der Waals surface area contributed by atoms with Crippen LogP contribution in [0.25, 0.3) is 0 Å². The van der Waals surface area contributed by atoms with Crippen LogP contribution < -0.4 is 0 Å². The highest BCUT2D eigenvalue weighted by atomic mass is 35.5. The smallest absolute Gasteiger partial charge is 0.0808 e. The van der Waals surface area contributed by atoms with E-state index in [1.54, 1.807) is 6.20 Å². The normalized spacial score (nSPS) is 22.0. The van der Waals surface area contributed by atoms with E-state index in [1.807, 2.05) is 6.07 Å². The maximum atomic E-state index is 9.59. The Morgan fingerprint density at radius 3 is 3.25 bits per heavy atom. The predicted molar refractivity (Wildman–Crippen MR) is 47.1 cm³/mol. The second kappa shape index (κ2) is 3.04. The molecule has 2 nitrogen and oxygen atoms in total. The van der Waals surface area contributed by atoms with E-state index in [-0.39, 0.29) is 6.10 Å². The van der Waals surface area contributed by atoms with Crippen molar-refractivity contribution in [2.45, 2.75) is 25.4 Å². The van der Waals surface area contributed by atoms with Crippen LogP contribution in [0.3, 0.4) is 0 Å². The molecule has 0 spiro atoms. The molecule has 1 aromatic rings. The van der Waals surface area contributed by atoms with Gasteiger partial charge in [-0.3, -0.25) is 4.98 Å². The molecule has 12 heavy (non-hydrogen) atoms. The predicted octanol–water partition coefficient (Wildman–Crippen LogP) is 2.10. The Morgan fingerprint density at radius 2 is 2.42 bits per heavy atom. The first kappa shape index (κ1) is 8.02. The van der Waals surface area contributed by atoms with Crippen molar-refractivity contribution in [2.75, 3.05) is 0 Å². The Balaban J connectivity index is 2.47. The van der Waals surface area contributed by atoms with Crippen LogP contribution in [0.5, 0.6) is 0 Å². The number of aryl methyl sites for hydroxylation is 1. The molecule has 1 unspecified atom stereocenters. The van der Waals surface area contributed by atoms with Gasteiger partial charge in [0, 0.05) is 17.5 Å². The molecule has 1 aliphatic carbocycles. The fourth-order valence-corrected chi connectivity index (χ4v) is 1.77. The zero-order valence-corrected chi connectivity index (χ0v) is 7.38. The first-order valence-corrected chi connectivity index (χ1v) is 4.47. The second-order valence-electron chi connectivity index (χ2n) is 3.10. The van der Waals surface area contributed by atoms with Crippen LogP contribution in [0.1, 0.15) is 30.2 Å². The zero-order chi connectivity index (χ0) is 8.55. The van der Waals surface area contributed by atoms with Crippen molar-refractivity contribution < 1.29 is 5.11 Å². The average molecular weight is 184 g/mol. The standard InChI is InChI=1S/C9H10ClNO/c10-6-4-7-8(11-5-6)2-1-3-9(7)12/h4-5,9,12H,1-3H2. The average Bonchev–Trinajstić information content (AvgIpc) is 2.07. The molecular formula is C9H10ClNO. The summed E-state index contributed by atoms with van der Waals surface area (Å²) < 4.78 is 0. The van der Waals surface area contributed by atoms with E-state index in [0.29, 0.717) is 5.02 Å². The maximum absolute atomic E-state index is 9.59. The monoisotopic (exact) mass is 183 g/mol. The molecule has 1 aromatic heterocycles. The van der Waals surface area contributed by atoms with Crippen LogP contribution in [0, 0.1) is 0 Å². The lowest BCUT2D eigenvalue weighted by Gasteiger charge is -2.19. The Hall–Kier alpha value is -0.600. The summed E-state index contributed by atoms with van der Waals surface area (Å²) in [5.41, 5.74) is 1.91. The third kappa shape index (κ3) is 1.32. The van der Waals surface area contributed by atoms with Crippen molar-refractivity contribution >= 4 is 11.6 Å². The van der Waals surface area contributed by atoms with Gasteiger partial charge in [-0.25, -0.2) is 0 Å². The van der Waals surface area contributed by atoms with Crippen molar-refractivity contribution in [1.29, 1.82) is 0 Å². The maximum Gasteiger partial charge on any atom is 0.0808 e. The number of aliphatic hydroxyl groups excluding tert-OH is 1. The fraction of sp³-hybridized carbons (Fsp3) is 0.444. The molecule has 1 aliphatic rings. The summed E-state index contributed by atoms with van der Waals surface area (Å²) in [4.78, 5) is 4.18. The van der Waals surface area contributed by atoms with Crippen molar-refractivity contribution in [3.8, 4) is 0 Å². The van der Waals surface area contributed by atoms with E-state index in [9.17, 15) is 5.11 Å². The largest absolute Gasteiger partial charge is 0.388 e. The molecule has 0 radical (unpaired) electrons. The summed E-state index contributed by atoms with van der Waals surface area (Å²) in [6.07, 6.45) is 4.08. The number of hydrogen-bond donors (Lipinski definition) is 1. The van der Waals surface area contributed by atoms with Gasteiger partial charge in [0.15, 0.2) is 0 Å². The molecule has 64 valence electrons. The highest BCUT2D eigenvalue weighted by Crippen LogP contribution is 2.29. The van der Waals surface area contributed by atoms with Gasteiger partial charge in [0.2, 0.25) is 0 Å². The Labute approximate surface area is 76.2 Å². The van der Waals surface area contributed by atoms with E-state index in [0.717, 1.165) is 30.5 Å². The first-order valence-electron chi connectivity index (χ1n) is 4.10. The lowest BCUT2D eigenvalue weighted by molar-refractivity contribution is 0.155. The number of aromatic nitrogens is 1. The summed E-state index contributed by atoms with van der Waals surface area (Å²) in [5, 5.41) is 10.2. The van der Waals surface area contributed by atoms with Gasteiger partial charge in [0.05, 0.1) is 11.1 Å². The topological polar surface area (TPSA) is 33.1 Å². The fourth-order valence-electron chi connectivity index (χ4n) is 1.60. The van der Waals surface area contributed by atoms with Gasteiger partial charge in [-0.15, -0.1) is 0 Å². The number of pyridine rings is 1. The minimum absolute atomic E-state index is 0.361. The molecule has 1 N–H and O–H groups in total. The second-order valence-corrected chi connectivity index (χ2v) is 3.53. The molecule has 1 heterocycles. The van der Waals surface area contributed by atoms with Crippen molar-refractivity contribution in [3.63, 3.8) is 0 Å². The zero-order valence-electron chi connectivity index (χ0n) is 6.63. The number of fused-ring (bicyclic) bond motifs is 1. The molecule has 0 fully saturated rings. The van der Waals surface area contributed by atoms with Crippen LogP contribution in [0.15, 0.2) is 12.3 Å². The Morgan fingerprint density at radius 1 is 1.58 bits per heavy atom. The summed E-state index contributed by atoms with van der Waals surface area (Å²) in [5.74, 6) is 0. The quantitative estimate of drug-likeness (QED) is 0.668. The van der Waals surface area contributed by atoms with Crippen molar-refractivity contribution in [2.24, 2.45) is 0 Å². The highest BCUT2D eigenvalue weighted by Gasteiger charge is 2.18. The van der Waals surface area contributed by atoms with E-state index in [4.69, 9.17) is 11.6 Å². The molecule has 2 rings (SSSR count). The highest BCUT2D eigenvalue weighted by molar-refractivity contribution is 6.30. The number of aliphatic hydroxyl groups is 1. The lowest BCUT2D eigenvalue weighted by atomic mass is 9.94. The van der Waals surface area contributed by atoms with Gasteiger partial charge in [0.1, 0.15) is 0 Å². The minimum Gasteiger partial charge on any atom is -0.388 e. The number of hydrogen-bond acceptors (Lipinski definition) is 2. The third-order valence-electron chi connectivity index (χ3n) is 2.22. The van der Waals surface area contributed by atoms with Gasteiger partial charge in [-0.1, -0.05) is 11.6 Å². The molecule has 3 heteroatoms. The molecule has 0 aliphatic heterocycles. The molecule has 0 aromatic carbocycles. The van der Waals surface area contributed by atoms with Crippen LogP contribution >= 0.6 is 11.6 Å². The van der Waals surface area contributed by atoms with Crippen LogP contribution in [-0.2, 0) is 6.42 Å². The molecule has 1 atom stereocenters. The summed E-state index contributed by atoms with van der Waals surface area (Å²) in [7, 11) is 0. The molecule has 0 saturated carbocycles. The summed E-state index contributed by atoms with van der Waals surface area (Å²) >= 11 is 5.77. The lowest BCUT2D eigenvalue weighted by Crippen LogP contribution is -2.10. The van der Waals surface area contributed by atoms with E-state index in [1.165, 1.54) is 0 Å². The summed E-state index contributed by atoms with van der Waals surface area (Å²) in [6, 6.07) is 1.81. The van der Waals surface area contributed by atoms with Gasteiger partial charge in [-0.2, -0.15) is 0 Å². The summed E-state index contributed by atoms with van der Waals surface area (Å²) in [6.45, 7) is 0. The van der Waals surface area contributed by atoms with Crippen LogP contribution in [0.4, 0.5) is 0 Å². The number of halogens is 1.